The van der Waals surface area contributed by atoms with E-state index in [2.05, 4.69) is 58.2 Å². The molecule has 19 heavy (non-hydrogen) atoms. The first-order valence-electron chi connectivity index (χ1n) is 7.25. The van der Waals surface area contributed by atoms with Gasteiger partial charge in [-0.15, -0.1) is 11.3 Å². The van der Waals surface area contributed by atoms with Gasteiger partial charge in [0.05, 0.1) is 0 Å². The third-order valence-electron chi connectivity index (χ3n) is 3.92. The molecule has 0 aromatic carbocycles. The molecule has 0 unspecified atom stereocenters. The first-order valence-corrected chi connectivity index (χ1v) is 8.07. The lowest BCUT2D eigenvalue weighted by Gasteiger charge is -2.46. The van der Waals surface area contributed by atoms with Crippen LogP contribution in [0, 0.1) is 13.8 Å². The summed E-state index contributed by atoms with van der Waals surface area (Å²) in [5, 5.41) is 7.51. The van der Waals surface area contributed by atoms with Gasteiger partial charge in [0, 0.05) is 33.4 Å². The van der Waals surface area contributed by atoms with E-state index >= 15 is 0 Å². The van der Waals surface area contributed by atoms with E-state index in [1.165, 1.54) is 28.2 Å². The fraction of sp³-hybridized carbons (Fsp3) is 0.750. The van der Waals surface area contributed by atoms with Crippen molar-refractivity contribution in [3.8, 4) is 0 Å². The summed E-state index contributed by atoms with van der Waals surface area (Å²) in [7, 11) is 0. The van der Waals surface area contributed by atoms with Crippen LogP contribution in [0.1, 0.15) is 55.9 Å². The van der Waals surface area contributed by atoms with Crippen molar-refractivity contribution < 1.29 is 0 Å². The molecule has 1 saturated heterocycles. The molecular weight excluding hydrogens is 252 g/mol. The Morgan fingerprint density at radius 1 is 1.21 bits per heavy atom. The van der Waals surface area contributed by atoms with Crippen molar-refractivity contribution in [3.63, 3.8) is 0 Å². The Hall–Kier alpha value is -0.380. The van der Waals surface area contributed by atoms with Crippen LogP contribution in [0.2, 0.25) is 0 Å². The molecule has 1 fully saturated rings. The largest absolute Gasteiger partial charge is 0.310 e. The number of thiophene rings is 1. The molecule has 0 radical (unpaired) electrons. The molecule has 2 N–H and O–H groups in total. The highest BCUT2D eigenvalue weighted by Gasteiger charge is 2.37. The van der Waals surface area contributed by atoms with Crippen molar-refractivity contribution in [2.75, 3.05) is 0 Å². The molecule has 2 heterocycles. The Labute approximate surface area is 122 Å². The minimum Gasteiger partial charge on any atom is -0.310 e. The van der Waals surface area contributed by atoms with E-state index < -0.39 is 0 Å². The maximum absolute atomic E-state index is 3.77. The Bertz CT molecular complexity index is 430. The van der Waals surface area contributed by atoms with Gasteiger partial charge in [-0.05, 0) is 66.0 Å². The Kier molecular flexibility index (Phi) is 4.10. The van der Waals surface area contributed by atoms with Crippen molar-refractivity contribution >= 4 is 11.3 Å². The number of hydrogen-bond donors (Lipinski definition) is 2. The van der Waals surface area contributed by atoms with Crippen LogP contribution in [-0.2, 0) is 6.54 Å². The molecule has 1 aromatic rings. The summed E-state index contributed by atoms with van der Waals surface area (Å²) in [5.74, 6) is 0. The fourth-order valence-corrected chi connectivity index (χ4v) is 4.53. The molecule has 0 spiro atoms. The molecule has 0 aliphatic carbocycles. The summed E-state index contributed by atoms with van der Waals surface area (Å²) in [6.07, 6.45) is 2.39. The molecule has 1 aliphatic rings. The van der Waals surface area contributed by atoms with Crippen LogP contribution in [0.4, 0.5) is 0 Å². The summed E-state index contributed by atoms with van der Waals surface area (Å²) in [4.78, 5) is 2.87. The van der Waals surface area contributed by atoms with Crippen molar-refractivity contribution in [1.82, 2.24) is 10.6 Å². The van der Waals surface area contributed by atoms with Gasteiger partial charge >= 0.3 is 0 Å². The average Bonchev–Trinajstić information content (AvgIpc) is 2.49. The van der Waals surface area contributed by atoms with Crippen LogP contribution in [0.5, 0.6) is 0 Å². The molecule has 3 heteroatoms. The average molecular weight is 280 g/mol. The normalized spacial score (nSPS) is 22.6. The van der Waals surface area contributed by atoms with E-state index in [1.807, 2.05) is 11.3 Å². The third kappa shape index (κ3) is 4.04. The second kappa shape index (κ2) is 5.19. The van der Waals surface area contributed by atoms with Gasteiger partial charge in [-0.3, -0.25) is 0 Å². The maximum atomic E-state index is 3.77. The third-order valence-corrected chi connectivity index (χ3v) is 4.92. The SMILES string of the molecule is Cc1cc(CNC2CC(C)(C)NC(C)(C)C2)c(C)s1. The highest BCUT2D eigenvalue weighted by molar-refractivity contribution is 7.12. The van der Waals surface area contributed by atoms with Gasteiger partial charge in [0.2, 0.25) is 0 Å². The minimum absolute atomic E-state index is 0.221. The van der Waals surface area contributed by atoms with Crippen molar-refractivity contribution in [2.24, 2.45) is 0 Å². The summed E-state index contributed by atoms with van der Waals surface area (Å²) in [5.41, 5.74) is 1.91. The summed E-state index contributed by atoms with van der Waals surface area (Å²) < 4.78 is 0. The first kappa shape index (κ1) is 15.0. The molecule has 0 amide bonds. The van der Waals surface area contributed by atoms with Crippen LogP contribution in [0.3, 0.4) is 0 Å². The van der Waals surface area contributed by atoms with Gasteiger partial charge in [0.1, 0.15) is 0 Å². The number of aryl methyl sites for hydroxylation is 2. The van der Waals surface area contributed by atoms with Crippen LogP contribution >= 0.6 is 11.3 Å². The zero-order chi connectivity index (χ0) is 14.3. The second-order valence-corrected chi connectivity index (χ2v) is 8.78. The molecule has 0 atom stereocenters. The molecule has 2 nitrogen and oxygen atoms in total. The fourth-order valence-electron chi connectivity index (χ4n) is 3.58. The minimum atomic E-state index is 0.221. The predicted molar refractivity (Wildman–Crippen MR) is 84.9 cm³/mol. The van der Waals surface area contributed by atoms with E-state index in [0.29, 0.717) is 6.04 Å². The Morgan fingerprint density at radius 3 is 2.26 bits per heavy atom. The maximum Gasteiger partial charge on any atom is 0.0219 e. The van der Waals surface area contributed by atoms with Gasteiger partial charge in [-0.25, -0.2) is 0 Å². The monoisotopic (exact) mass is 280 g/mol. The smallest absolute Gasteiger partial charge is 0.0219 e. The quantitative estimate of drug-likeness (QED) is 0.881. The first-order chi connectivity index (χ1) is 8.67. The van der Waals surface area contributed by atoms with Gasteiger partial charge < -0.3 is 10.6 Å². The molecule has 108 valence electrons. The van der Waals surface area contributed by atoms with Crippen molar-refractivity contribution in [1.29, 1.82) is 0 Å². The highest BCUT2D eigenvalue weighted by atomic mass is 32.1. The van der Waals surface area contributed by atoms with E-state index in [-0.39, 0.29) is 11.1 Å². The van der Waals surface area contributed by atoms with Crippen molar-refractivity contribution in [3.05, 3.63) is 21.4 Å². The number of piperidine rings is 1. The number of nitrogens with one attached hydrogen (secondary N) is 2. The molecule has 2 rings (SSSR count). The van der Waals surface area contributed by atoms with E-state index in [0.717, 1.165) is 6.54 Å². The molecular formula is C16H28N2S. The zero-order valence-electron chi connectivity index (χ0n) is 13.2. The number of hydrogen-bond acceptors (Lipinski definition) is 3. The summed E-state index contributed by atoms with van der Waals surface area (Å²) >= 11 is 1.90. The molecule has 1 aromatic heterocycles. The van der Waals surface area contributed by atoms with Crippen LogP contribution in [-0.4, -0.2) is 17.1 Å². The van der Waals surface area contributed by atoms with E-state index in [4.69, 9.17) is 0 Å². The van der Waals surface area contributed by atoms with Gasteiger partial charge in [0.25, 0.3) is 0 Å². The van der Waals surface area contributed by atoms with Crippen molar-refractivity contribution in [2.45, 2.75) is 78.0 Å². The molecule has 1 aliphatic heterocycles. The second-order valence-electron chi connectivity index (χ2n) is 7.32. The topological polar surface area (TPSA) is 24.1 Å². The molecule has 0 saturated carbocycles. The highest BCUT2D eigenvalue weighted by Crippen LogP contribution is 2.29. The summed E-state index contributed by atoms with van der Waals surface area (Å²) in [6.45, 7) is 14.7. The van der Waals surface area contributed by atoms with Crippen LogP contribution < -0.4 is 10.6 Å². The van der Waals surface area contributed by atoms with Crippen LogP contribution in [0.25, 0.3) is 0 Å². The predicted octanol–water partition coefficient (Wildman–Crippen LogP) is 3.76. The summed E-state index contributed by atoms with van der Waals surface area (Å²) in [6, 6.07) is 2.93. The lowest BCUT2D eigenvalue weighted by molar-refractivity contribution is 0.145. The Balaban J connectivity index is 1.97. The van der Waals surface area contributed by atoms with Crippen LogP contribution in [0.15, 0.2) is 6.07 Å². The molecule has 0 bridgehead atoms. The van der Waals surface area contributed by atoms with Gasteiger partial charge in [-0.1, -0.05) is 0 Å². The standard InChI is InChI=1S/C16H28N2S/c1-11-7-13(12(2)19-11)10-17-14-8-15(3,4)18-16(5,6)9-14/h7,14,17-18H,8-10H2,1-6H3. The number of rotatable bonds is 3. The zero-order valence-corrected chi connectivity index (χ0v) is 14.0. The Morgan fingerprint density at radius 2 is 1.79 bits per heavy atom. The van der Waals surface area contributed by atoms with Gasteiger partial charge in [0.15, 0.2) is 0 Å². The van der Waals surface area contributed by atoms with E-state index in [1.54, 1.807) is 0 Å². The van der Waals surface area contributed by atoms with E-state index in [9.17, 15) is 0 Å². The lowest BCUT2D eigenvalue weighted by atomic mass is 9.79. The van der Waals surface area contributed by atoms with Gasteiger partial charge in [-0.2, -0.15) is 0 Å². The lowest BCUT2D eigenvalue weighted by Crippen LogP contribution is -2.61.